The summed E-state index contributed by atoms with van der Waals surface area (Å²) in [4.78, 5) is 11.4. The number of aliphatic carboxylic acids is 1. The molecule has 3 atom stereocenters. The van der Waals surface area contributed by atoms with Gasteiger partial charge in [-0.15, -0.1) is 0 Å². The Labute approximate surface area is 136 Å². The van der Waals surface area contributed by atoms with E-state index in [4.69, 9.17) is 10.3 Å². The Morgan fingerprint density at radius 2 is 1.96 bits per heavy atom. The van der Waals surface area contributed by atoms with E-state index in [-0.39, 0.29) is 18.6 Å². The summed E-state index contributed by atoms with van der Waals surface area (Å²) in [6.45, 7) is 1.77. The predicted molar refractivity (Wildman–Crippen MR) is 89.6 cm³/mol. The van der Waals surface area contributed by atoms with E-state index in [0.717, 1.165) is 16.3 Å². The highest BCUT2D eigenvalue weighted by Gasteiger charge is 2.27. The van der Waals surface area contributed by atoms with Gasteiger partial charge in [0.15, 0.2) is 0 Å². The number of carboxylic acid groups (broad SMARTS) is 1. The van der Waals surface area contributed by atoms with Crippen molar-refractivity contribution in [2.45, 2.75) is 25.3 Å². The van der Waals surface area contributed by atoms with Gasteiger partial charge >= 0.3 is 14.7 Å². The van der Waals surface area contributed by atoms with Crippen molar-refractivity contribution in [2.75, 3.05) is 6.61 Å². The van der Waals surface area contributed by atoms with Crippen LogP contribution >= 0.6 is 8.69 Å². The van der Waals surface area contributed by atoms with Crippen LogP contribution in [-0.4, -0.2) is 23.7 Å². The van der Waals surface area contributed by atoms with Crippen molar-refractivity contribution in [3.8, 4) is 0 Å². The molecule has 5 nitrogen and oxygen atoms in total. The zero-order valence-electron chi connectivity index (χ0n) is 12.9. The topological polar surface area (TPSA) is 89.6 Å². The highest BCUT2D eigenvalue weighted by molar-refractivity contribution is 7.17. The van der Waals surface area contributed by atoms with Crippen molar-refractivity contribution in [3.05, 3.63) is 48.0 Å². The molecule has 2 rings (SSSR count). The summed E-state index contributed by atoms with van der Waals surface area (Å²) in [7, 11) is -0.511. The SMILES string of the molecule is CC(N)C(CC(COP=O)C(=O)O)c1cccc2ccccc12. The maximum Gasteiger partial charge on any atom is 0.327 e. The first kappa shape index (κ1) is 17.5. The molecule has 2 aromatic rings. The van der Waals surface area contributed by atoms with Crippen LogP contribution in [0.4, 0.5) is 0 Å². The molecule has 0 saturated carbocycles. The smallest absolute Gasteiger partial charge is 0.327 e. The average molecular weight is 333 g/mol. The van der Waals surface area contributed by atoms with Gasteiger partial charge in [-0.05, 0) is 29.7 Å². The lowest BCUT2D eigenvalue weighted by Crippen LogP contribution is -2.30. The minimum atomic E-state index is -0.973. The van der Waals surface area contributed by atoms with Crippen molar-refractivity contribution in [1.29, 1.82) is 0 Å². The molecule has 122 valence electrons. The van der Waals surface area contributed by atoms with E-state index >= 15 is 0 Å². The maximum absolute atomic E-state index is 11.4. The number of rotatable bonds is 8. The first-order chi connectivity index (χ1) is 11.0. The lowest BCUT2D eigenvalue weighted by molar-refractivity contribution is -0.143. The highest BCUT2D eigenvalue weighted by atomic mass is 31.1. The number of hydrogen-bond acceptors (Lipinski definition) is 4. The fraction of sp³-hybridized carbons (Fsp3) is 0.353. The number of benzene rings is 2. The van der Waals surface area contributed by atoms with E-state index < -0.39 is 20.6 Å². The number of hydrogen-bond donors (Lipinski definition) is 2. The third-order valence-electron chi connectivity index (χ3n) is 4.07. The third-order valence-corrected chi connectivity index (χ3v) is 4.33. The molecule has 0 aromatic heterocycles. The molecule has 0 aliphatic carbocycles. The van der Waals surface area contributed by atoms with Crippen LogP contribution in [0, 0.1) is 5.92 Å². The fourth-order valence-electron chi connectivity index (χ4n) is 2.87. The van der Waals surface area contributed by atoms with Crippen LogP contribution in [0.1, 0.15) is 24.8 Å². The van der Waals surface area contributed by atoms with Crippen molar-refractivity contribution >= 4 is 25.4 Å². The summed E-state index contributed by atoms with van der Waals surface area (Å²) >= 11 is 0. The molecular weight excluding hydrogens is 313 g/mol. The molecule has 0 aliphatic rings. The lowest BCUT2D eigenvalue weighted by atomic mass is 9.82. The molecular formula is C17H20NO4P. The van der Waals surface area contributed by atoms with E-state index in [0.29, 0.717) is 6.42 Å². The van der Waals surface area contributed by atoms with E-state index in [1.165, 1.54) is 0 Å². The normalized spacial score (nSPS) is 15.4. The third kappa shape index (κ3) is 4.35. The predicted octanol–water partition coefficient (Wildman–Crippen LogP) is 3.58. The van der Waals surface area contributed by atoms with Crippen LogP contribution in [0.15, 0.2) is 42.5 Å². The second-order valence-electron chi connectivity index (χ2n) is 5.68. The highest BCUT2D eigenvalue weighted by Crippen LogP contribution is 2.32. The van der Waals surface area contributed by atoms with Gasteiger partial charge in [0.1, 0.15) is 0 Å². The monoisotopic (exact) mass is 333 g/mol. The van der Waals surface area contributed by atoms with Gasteiger partial charge in [0.25, 0.3) is 0 Å². The van der Waals surface area contributed by atoms with Crippen LogP contribution in [-0.2, 0) is 13.9 Å². The maximum atomic E-state index is 11.4. The molecule has 0 amide bonds. The summed E-state index contributed by atoms with van der Waals surface area (Å²) in [5.74, 6) is -1.86. The molecule has 2 aromatic carbocycles. The lowest BCUT2D eigenvalue weighted by Gasteiger charge is -2.25. The Balaban J connectivity index is 2.36. The van der Waals surface area contributed by atoms with Crippen LogP contribution in [0.3, 0.4) is 0 Å². The Morgan fingerprint density at radius 3 is 2.61 bits per heavy atom. The minimum absolute atomic E-state index is 0.103. The average Bonchev–Trinajstić information content (AvgIpc) is 2.54. The van der Waals surface area contributed by atoms with Gasteiger partial charge in [0.05, 0.1) is 12.5 Å². The van der Waals surface area contributed by atoms with Gasteiger partial charge in [0, 0.05) is 12.0 Å². The molecule has 0 radical (unpaired) electrons. The van der Waals surface area contributed by atoms with E-state index in [1.54, 1.807) is 0 Å². The number of carbonyl (C=O) groups is 1. The molecule has 0 bridgehead atoms. The zero-order valence-corrected chi connectivity index (χ0v) is 13.8. The fourth-order valence-corrected chi connectivity index (χ4v) is 3.11. The molecule has 0 heterocycles. The Hall–Kier alpha value is -1.81. The molecule has 0 spiro atoms. The van der Waals surface area contributed by atoms with Gasteiger partial charge in [-0.1, -0.05) is 42.5 Å². The van der Waals surface area contributed by atoms with Crippen LogP contribution < -0.4 is 5.73 Å². The second-order valence-corrected chi connectivity index (χ2v) is 6.08. The number of carboxylic acids is 1. The Bertz CT molecular complexity index is 684. The Kier molecular flexibility index (Phi) is 6.22. The second kappa shape index (κ2) is 8.16. The quantitative estimate of drug-likeness (QED) is 0.721. The molecule has 3 N–H and O–H groups in total. The summed E-state index contributed by atoms with van der Waals surface area (Å²) in [5.41, 5.74) is 7.17. The summed E-state index contributed by atoms with van der Waals surface area (Å²) in [6, 6.07) is 13.7. The standard InChI is InChI=1S/C17H20NO4P/c1-11(18)16(9-13(17(19)20)10-22-23-21)15-8-4-6-12-5-2-3-7-14(12)15/h2-8,11,13,16H,9-10,18H2,1H3,(H,19,20). The number of nitrogens with two attached hydrogens (primary N) is 1. The van der Waals surface area contributed by atoms with Crippen LogP contribution in [0.5, 0.6) is 0 Å². The van der Waals surface area contributed by atoms with E-state index in [9.17, 15) is 14.5 Å². The van der Waals surface area contributed by atoms with Crippen LogP contribution in [0.25, 0.3) is 10.8 Å². The zero-order chi connectivity index (χ0) is 16.8. The van der Waals surface area contributed by atoms with E-state index in [1.807, 2.05) is 49.4 Å². The van der Waals surface area contributed by atoms with Crippen molar-refractivity contribution < 1.29 is 19.0 Å². The summed E-state index contributed by atoms with van der Waals surface area (Å²) < 4.78 is 15.2. The van der Waals surface area contributed by atoms with Gasteiger partial charge in [-0.25, -0.2) is 4.57 Å². The van der Waals surface area contributed by atoms with Gasteiger partial charge in [-0.3, -0.25) is 9.32 Å². The Morgan fingerprint density at radius 1 is 1.26 bits per heavy atom. The first-order valence-corrected chi connectivity index (χ1v) is 8.18. The minimum Gasteiger partial charge on any atom is -0.481 e. The number of fused-ring (bicyclic) bond motifs is 1. The van der Waals surface area contributed by atoms with Gasteiger partial charge in [-0.2, -0.15) is 0 Å². The molecule has 6 heteroatoms. The first-order valence-electron chi connectivity index (χ1n) is 7.45. The molecule has 3 unspecified atom stereocenters. The largest absolute Gasteiger partial charge is 0.481 e. The van der Waals surface area contributed by atoms with Crippen molar-refractivity contribution in [3.63, 3.8) is 0 Å². The molecule has 0 saturated heterocycles. The van der Waals surface area contributed by atoms with E-state index in [2.05, 4.69) is 0 Å². The van der Waals surface area contributed by atoms with Crippen molar-refractivity contribution in [1.82, 2.24) is 0 Å². The molecule has 0 fully saturated rings. The van der Waals surface area contributed by atoms with Crippen LogP contribution in [0.2, 0.25) is 0 Å². The molecule has 0 aliphatic heterocycles. The van der Waals surface area contributed by atoms with Crippen molar-refractivity contribution in [2.24, 2.45) is 11.7 Å². The van der Waals surface area contributed by atoms with Gasteiger partial charge < -0.3 is 10.8 Å². The molecule has 23 heavy (non-hydrogen) atoms. The van der Waals surface area contributed by atoms with Gasteiger partial charge in [0.2, 0.25) is 0 Å². The summed E-state index contributed by atoms with van der Waals surface area (Å²) in [6.07, 6.45) is 0.330. The summed E-state index contributed by atoms with van der Waals surface area (Å²) in [5, 5.41) is 11.5.